The van der Waals surface area contributed by atoms with Gasteiger partial charge in [-0.05, 0) is 48.6 Å². The summed E-state index contributed by atoms with van der Waals surface area (Å²) < 4.78 is 5.36. The fraction of sp³-hybridized carbons (Fsp3) is 0.455. The van der Waals surface area contributed by atoms with Gasteiger partial charge >= 0.3 is 0 Å². The highest BCUT2D eigenvalue weighted by Gasteiger charge is 2.27. The lowest BCUT2D eigenvalue weighted by Gasteiger charge is -2.27. The topological polar surface area (TPSA) is 83.5 Å². The van der Waals surface area contributed by atoms with Gasteiger partial charge in [0.15, 0.2) is 0 Å². The number of aliphatic hydroxyl groups is 1. The van der Waals surface area contributed by atoms with Crippen LogP contribution >= 0.6 is 0 Å². The zero-order valence-corrected chi connectivity index (χ0v) is 16.4. The van der Waals surface area contributed by atoms with E-state index >= 15 is 0 Å². The Kier molecular flexibility index (Phi) is 5.22. The van der Waals surface area contributed by atoms with Gasteiger partial charge in [0.25, 0.3) is 5.91 Å². The second-order valence-electron chi connectivity index (χ2n) is 7.73. The number of pyridine rings is 1. The molecule has 0 saturated heterocycles. The number of methoxy groups -OCH3 is 1. The van der Waals surface area contributed by atoms with Crippen molar-refractivity contribution in [1.82, 2.24) is 10.3 Å². The summed E-state index contributed by atoms with van der Waals surface area (Å²) in [5.74, 6) is 1.61. The molecule has 1 amide bonds. The van der Waals surface area contributed by atoms with Gasteiger partial charge in [-0.2, -0.15) is 0 Å². The summed E-state index contributed by atoms with van der Waals surface area (Å²) in [6.07, 6.45) is 5.91. The lowest BCUT2D eigenvalue weighted by molar-refractivity contribution is 0.0763. The summed E-state index contributed by atoms with van der Waals surface area (Å²) in [4.78, 5) is 16.8. The monoisotopic (exact) mass is 381 g/mol. The van der Waals surface area contributed by atoms with Crippen molar-refractivity contribution < 1.29 is 14.6 Å². The van der Waals surface area contributed by atoms with Gasteiger partial charge in [0, 0.05) is 30.8 Å². The lowest BCUT2D eigenvalue weighted by Crippen LogP contribution is -2.30. The van der Waals surface area contributed by atoms with Crippen molar-refractivity contribution in [3.05, 3.63) is 41.1 Å². The van der Waals surface area contributed by atoms with Crippen molar-refractivity contribution in [3.8, 4) is 16.9 Å². The summed E-state index contributed by atoms with van der Waals surface area (Å²) in [6, 6.07) is 5.87. The summed E-state index contributed by atoms with van der Waals surface area (Å²) in [5.41, 5.74) is 4.69. The van der Waals surface area contributed by atoms with Crippen LogP contribution in [0.25, 0.3) is 11.1 Å². The molecule has 28 heavy (non-hydrogen) atoms. The molecule has 2 atom stereocenters. The van der Waals surface area contributed by atoms with E-state index in [9.17, 15) is 9.90 Å². The van der Waals surface area contributed by atoms with E-state index in [0.29, 0.717) is 17.9 Å². The van der Waals surface area contributed by atoms with Crippen molar-refractivity contribution in [1.29, 1.82) is 0 Å². The predicted octanol–water partition coefficient (Wildman–Crippen LogP) is 3.27. The zero-order valence-electron chi connectivity index (χ0n) is 16.4. The van der Waals surface area contributed by atoms with Crippen LogP contribution in [0.15, 0.2) is 24.4 Å². The SMILES string of the molecule is COc1ccc(-c2cnc(NC[C@H]3CCCC[C@@H]3O)cc2C)c2c1C(=O)NC2. The van der Waals surface area contributed by atoms with Crippen LogP contribution in [0.1, 0.15) is 47.2 Å². The van der Waals surface area contributed by atoms with Gasteiger partial charge in [-0.1, -0.05) is 18.9 Å². The van der Waals surface area contributed by atoms with E-state index < -0.39 is 0 Å². The number of fused-ring (bicyclic) bond motifs is 1. The Hall–Kier alpha value is -2.60. The summed E-state index contributed by atoms with van der Waals surface area (Å²) >= 11 is 0. The summed E-state index contributed by atoms with van der Waals surface area (Å²) in [5, 5.41) is 16.4. The lowest BCUT2D eigenvalue weighted by atomic mass is 9.86. The molecule has 1 saturated carbocycles. The third-order valence-electron chi connectivity index (χ3n) is 5.96. The maximum absolute atomic E-state index is 12.2. The highest BCUT2D eigenvalue weighted by molar-refractivity contribution is 6.03. The Morgan fingerprint density at radius 2 is 2.11 bits per heavy atom. The molecule has 4 rings (SSSR count). The number of benzene rings is 1. The molecule has 6 heteroatoms. The molecule has 3 N–H and O–H groups in total. The Bertz CT molecular complexity index is 897. The zero-order chi connectivity index (χ0) is 19.7. The number of aryl methyl sites for hydroxylation is 1. The van der Waals surface area contributed by atoms with Gasteiger partial charge in [0.05, 0.1) is 18.8 Å². The highest BCUT2D eigenvalue weighted by Crippen LogP contribution is 2.36. The Morgan fingerprint density at radius 3 is 2.86 bits per heavy atom. The van der Waals surface area contributed by atoms with Gasteiger partial charge < -0.3 is 20.5 Å². The number of nitrogens with one attached hydrogen (secondary N) is 2. The fourth-order valence-electron chi connectivity index (χ4n) is 4.33. The van der Waals surface area contributed by atoms with Gasteiger partial charge in [-0.3, -0.25) is 4.79 Å². The molecular weight excluding hydrogens is 354 g/mol. The molecule has 1 aliphatic heterocycles. The first kappa shape index (κ1) is 18.7. The molecule has 1 fully saturated rings. The van der Waals surface area contributed by atoms with Crippen LogP contribution in [-0.2, 0) is 6.54 Å². The van der Waals surface area contributed by atoms with Crippen LogP contribution in [-0.4, -0.2) is 35.8 Å². The molecule has 148 valence electrons. The van der Waals surface area contributed by atoms with Crippen LogP contribution in [0.3, 0.4) is 0 Å². The standard InChI is InChI=1S/C22H27N3O3/c1-13-9-20(23-10-14-5-3-4-6-18(14)26)24-11-16(13)15-7-8-19(28-2)21-17(15)12-25-22(21)27/h7-9,11,14,18,26H,3-6,10,12H2,1-2H3,(H,23,24)(H,25,27)/t14-,18+/m1/s1. The van der Waals surface area contributed by atoms with Crippen LogP contribution in [0.2, 0.25) is 0 Å². The Morgan fingerprint density at radius 1 is 1.29 bits per heavy atom. The number of aliphatic hydroxyl groups excluding tert-OH is 1. The Labute approximate surface area is 165 Å². The van der Waals surface area contributed by atoms with Crippen LogP contribution in [0.5, 0.6) is 5.75 Å². The second kappa shape index (κ2) is 7.80. The van der Waals surface area contributed by atoms with Gasteiger partial charge in [-0.15, -0.1) is 0 Å². The smallest absolute Gasteiger partial charge is 0.255 e. The highest BCUT2D eigenvalue weighted by atomic mass is 16.5. The predicted molar refractivity (Wildman–Crippen MR) is 109 cm³/mol. The van der Waals surface area contributed by atoms with E-state index in [2.05, 4.69) is 22.5 Å². The van der Waals surface area contributed by atoms with E-state index in [0.717, 1.165) is 53.9 Å². The minimum Gasteiger partial charge on any atom is -0.496 e. The number of aromatic nitrogens is 1. The number of rotatable bonds is 5. The molecule has 1 aromatic carbocycles. The Balaban J connectivity index is 1.57. The molecule has 0 bridgehead atoms. The summed E-state index contributed by atoms with van der Waals surface area (Å²) in [6.45, 7) is 3.29. The molecule has 2 heterocycles. The maximum Gasteiger partial charge on any atom is 0.255 e. The van der Waals surface area contributed by atoms with Crippen LogP contribution in [0, 0.1) is 12.8 Å². The van der Waals surface area contributed by atoms with Gasteiger partial charge in [-0.25, -0.2) is 4.98 Å². The van der Waals surface area contributed by atoms with E-state index in [-0.39, 0.29) is 17.9 Å². The largest absolute Gasteiger partial charge is 0.496 e. The molecule has 1 aliphatic carbocycles. The fourth-order valence-corrected chi connectivity index (χ4v) is 4.33. The van der Waals surface area contributed by atoms with E-state index in [1.807, 2.05) is 24.4 Å². The van der Waals surface area contributed by atoms with E-state index in [4.69, 9.17) is 4.74 Å². The number of carbonyl (C=O) groups is 1. The van der Waals surface area contributed by atoms with Gasteiger partial charge in [0.1, 0.15) is 11.6 Å². The van der Waals surface area contributed by atoms with Crippen LogP contribution in [0.4, 0.5) is 5.82 Å². The van der Waals surface area contributed by atoms with Crippen molar-refractivity contribution in [2.75, 3.05) is 19.0 Å². The summed E-state index contributed by atoms with van der Waals surface area (Å²) in [7, 11) is 1.58. The average molecular weight is 381 g/mol. The minimum atomic E-state index is -0.214. The molecule has 0 radical (unpaired) electrons. The number of nitrogens with zero attached hydrogens (tertiary/aromatic N) is 1. The third kappa shape index (κ3) is 3.44. The molecule has 0 unspecified atom stereocenters. The number of ether oxygens (including phenoxy) is 1. The average Bonchev–Trinajstić information content (AvgIpc) is 3.09. The number of anilines is 1. The maximum atomic E-state index is 12.2. The normalized spacial score (nSPS) is 21.2. The molecule has 1 aromatic heterocycles. The number of hydrogen-bond donors (Lipinski definition) is 3. The number of hydrogen-bond acceptors (Lipinski definition) is 5. The van der Waals surface area contributed by atoms with E-state index in [1.54, 1.807) is 7.11 Å². The first-order valence-electron chi connectivity index (χ1n) is 9.95. The minimum absolute atomic E-state index is 0.0939. The first-order valence-corrected chi connectivity index (χ1v) is 9.95. The van der Waals surface area contributed by atoms with Crippen molar-refractivity contribution >= 4 is 11.7 Å². The van der Waals surface area contributed by atoms with Crippen molar-refractivity contribution in [2.24, 2.45) is 5.92 Å². The van der Waals surface area contributed by atoms with Crippen LogP contribution < -0.4 is 15.4 Å². The molecule has 2 aliphatic rings. The second-order valence-corrected chi connectivity index (χ2v) is 7.73. The van der Waals surface area contributed by atoms with Crippen molar-refractivity contribution in [3.63, 3.8) is 0 Å². The molecular formula is C22H27N3O3. The number of carbonyl (C=O) groups excluding carboxylic acids is 1. The van der Waals surface area contributed by atoms with Crippen molar-refractivity contribution in [2.45, 2.75) is 45.3 Å². The van der Waals surface area contributed by atoms with E-state index in [1.165, 1.54) is 6.42 Å². The van der Waals surface area contributed by atoms with Gasteiger partial charge in [0.2, 0.25) is 0 Å². The quantitative estimate of drug-likeness (QED) is 0.740. The molecule has 6 nitrogen and oxygen atoms in total. The molecule has 0 spiro atoms. The number of amides is 1. The third-order valence-corrected chi connectivity index (χ3v) is 5.96. The first-order chi connectivity index (χ1) is 13.6. The molecule has 2 aromatic rings.